The largest absolute Gasteiger partial charge is 1.00 e. The SMILES string of the molecule is CC(=O)Nc1c[c-]cc2cc(S(=O)(=O)[O-])c(C)c(O)c12.[Na+].[Na+]. The molecule has 0 saturated heterocycles. The maximum Gasteiger partial charge on any atom is 1.00 e. The van der Waals surface area contributed by atoms with Gasteiger partial charge in [-0.15, -0.1) is 5.39 Å². The molecule has 0 radical (unpaired) electrons. The first-order valence-electron chi connectivity index (χ1n) is 5.61. The van der Waals surface area contributed by atoms with E-state index in [2.05, 4.69) is 11.4 Å². The molecule has 2 aromatic carbocycles. The molecule has 9 heteroatoms. The zero-order valence-electron chi connectivity index (χ0n) is 12.7. The molecule has 0 aliphatic rings. The number of rotatable bonds is 2. The number of aromatic hydroxyl groups is 1. The van der Waals surface area contributed by atoms with E-state index in [0.717, 1.165) is 6.07 Å². The predicted octanol–water partition coefficient (Wildman–Crippen LogP) is -4.48. The Labute approximate surface area is 172 Å². The second-order valence-corrected chi connectivity index (χ2v) is 5.66. The molecule has 0 spiro atoms. The topological polar surface area (TPSA) is 107 Å². The second kappa shape index (κ2) is 8.12. The van der Waals surface area contributed by atoms with Gasteiger partial charge in [0.2, 0.25) is 5.91 Å². The maximum absolute atomic E-state index is 11.2. The van der Waals surface area contributed by atoms with Crippen LogP contribution in [0.4, 0.5) is 5.69 Å². The van der Waals surface area contributed by atoms with E-state index in [4.69, 9.17) is 0 Å². The number of phenols is 1. The number of carbonyl (C=O) groups excluding carboxylic acids is 1. The van der Waals surface area contributed by atoms with E-state index in [-0.39, 0.29) is 81.7 Å². The summed E-state index contributed by atoms with van der Waals surface area (Å²) in [4.78, 5) is 10.6. The molecule has 0 unspecified atom stereocenters. The number of hydrogen-bond donors (Lipinski definition) is 2. The van der Waals surface area contributed by atoms with E-state index in [9.17, 15) is 22.9 Å². The van der Waals surface area contributed by atoms with Crippen LogP contribution in [0.1, 0.15) is 12.5 Å². The molecule has 0 aliphatic heterocycles. The molecule has 0 bridgehead atoms. The van der Waals surface area contributed by atoms with E-state index in [1.165, 1.54) is 26.0 Å². The normalized spacial score (nSPS) is 10.5. The van der Waals surface area contributed by atoms with Crippen LogP contribution in [0.2, 0.25) is 0 Å². The monoisotopic (exact) mass is 339 g/mol. The predicted molar refractivity (Wildman–Crippen MR) is 71.5 cm³/mol. The first kappa shape index (κ1) is 21.9. The van der Waals surface area contributed by atoms with Crippen LogP contribution in [-0.2, 0) is 14.9 Å². The Morgan fingerprint density at radius 2 is 1.91 bits per heavy atom. The van der Waals surface area contributed by atoms with Crippen LogP contribution >= 0.6 is 0 Å². The molecule has 0 fully saturated rings. The Kier molecular flexibility index (Phi) is 8.08. The maximum atomic E-state index is 11.2. The first-order valence-corrected chi connectivity index (χ1v) is 7.02. The Balaban J connectivity index is 0.00000220. The molecular weight excluding hydrogens is 328 g/mol. The standard InChI is InChI=1S/C13H12NO5S.2Na/c1-7-11(20(17,18)19)6-9-4-3-5-10(14-8(2)15)12(9)13(7)16;;/h4-6,16H,1-2H3,(H,14,15)(H,17,18,19);;/q-1;2*+1/p-1. The van der Waals surface area contributed by atoms with Gasteiger partial charge < -0.3 is 15.0 Å². The molecule has 0 aromatic heterocycles. The number of carbonyl (C=O) groups is 1. The minimum Gasteiger partial charge on any atom is -0.744 e. The van der Waals surface area contributed by atoms with Gasteiger partial charge in [0.15, 0.2) is 0 Å². The molecule has 106 valence electrons. The summed E-state index contributed by atoms with van der Waals surface area (Å²) in [5.41, 5.74) is 0.246. The van der Waals surface area contributed by atoms with Gasteiger partial charge in [0.25, 0.3) is 0 Å². The van der Waals surface area contributed by atoms with Crippen molar-refractivity contribution in [2.24, 2.45) is 0 Å². The van der Waals surface area contributed by atoms with Gasteiger partial charge in [-0.2, -0.15) is 18.2 Å². The fraction of sp³-hybridized carbons (Fsp3) is 0.154. The van der Waals surface area contributed by atoms with Crippen molar-refractivity contribution < 1.29 is 82.0 Å². The number of nitrogens with one attached hydrogen (secondary N) is 1. The molecule has 2 N–H and O–H groups in total. The van der Waals surface area contributed by atoms with Gasteiger partial charge in [0.05, 0.1) is 0 Å². The summed E-state index contributed by atoms with van der Waals surface area (Å²) in [6, 6.07) is 6.75. The van der Waals surface area contributed by atoms with Crippen LogP contribution in [0.3, 0.4) is 0 Å². The number of benzene rings is 2. The third kappa shape index (κ3) is 4.46. The molecule has 2 rings (SSSR count). The fourth-order valence-corrected chi connectivity index (χ4v) is 2.74. The molecular formula is C13H11NNa2O5S. The Morgan fingerprint density at radius 3 is 2.41 bits per heavy atom. The van der Waals surface area contributed by atoms with E-state index in [1.807, 2.05) is 0 Å². The Morgan fingerprint density at radius 1 is 1.32 bits per heavy atom. The zero-order valence-corrected chi connectivity index (χ0v) is 17.5. The van der Waals surface area contributed by atoms with Crippen molar-refractivity contribution in [2.75, 3.05) is 5.32 Å². The number of phenolic OH excluding ortho intramolecular Hbond substituents is 1. The third-order valence-corrected chi connectivity index (χ3v) is 3.82. The van der Waals surface area contributed by atoms with Crippen LogP contribution in [0.25, 0.3) is 10.8 Å². The first-order chi connectivity index (χ1) is 9.21. The van der Waals surface area contributed by atoms with Gasteiger partial charge in [-0.3, -0.25) is 4.79 Å². The number of hydrogen-bond acceptors (Lipinski definition) is 5. The van der Waals surface area contributed by atoms with Crippen LogP contribution in [-0.4, -0.2) is 24.0 Å². The van der Waals surface area contributed by atoms with Gasteiger partial charge in [-0.25, -0.2) is 8.42 Å². The van der Waals surface area contributed by atoms with Gasteiger partial charge in [-0.05, 0) is 6.92 Å². The van der Waals surface area contributed by atoms with E-state index in [1.54, 1.807) is 0 Å². The van der Waals surface area contributed by atoms with Gasteiger partial charge in [0, 0.05) is 17.4 Å². The second-order valence-electron chi connectivity index (χ2n) is 4.32. The molecule has 22 heavy (non-hydrogen) atoms. The Bertz CT molecular complexity index is 821. The molecule has 0 aliphatic carbocycles. The summed E-state index contributed by atoms with van der Waals surface area (Å²) in [5, 5.41) is 13.2. The van der Waals surface area contributed by atoms with E-state index < -0.39 is 15.0 Å². The molecule has 0 saturated carbocycles. The molecule has 0 atom stereocenters. The summed E-state index contributed by atoms with van der Waals surface area (Å²) in [7, 11) is -4.69. The van der Waals surface area contributed by atoms with Crippen LogP contribution in [0.15, 0.2) is 23.1 Å². The van der Waals surface area contributed by atoms with Crippen molar-refractivity contribution in [3.05, 3.63) is 29.8 Å². The van der Waals surface area contributed by atoms with Crippen molar-refractivity contribution in [3.8, 4) is 5.75 Å². The fourth-order valence-electron chi connectivity index (χ4n) is 1.99. The number of anilines is 1. The smallest absolute Gasteiger partial charge is 0.744 e. The van der Waals surface area contributed by atoms with Crippen LogP contribution in [0.5, 0.6) is 5.75 Å². The quantitative estimate of drug-likeness (QED) is 0.326. The van der Waals surface area contributed by atoms with Crippen molar-refractivity contribution in [3.63, 3.8) is 0 Å². The minimum absolute atomic E-state index is 0. The summed E-state index contributed by atoms with van der Waals surface area (Å²) in [6.07, 6.45) is 0. The van der Waals surface area contributed by atoms with Crippen molar-refractivity contribution >= 4 is 32.5 Å². The summed E-state index contributed by atoms with van der Waals surface area (Å²) in [6.45, 7) is 2.63. The molecule has 1 amide bonds. The number of amides is 1. The summed E-state index contributed by atoms with van der Waals surface area (Å²) in [5.74, 6) is -0.696. The molecule has 0 heterocycles. The average Bonchev–Trinajstić information content (AvgIpc) is 2.31. The average molecular weight is 339 g/mol. The summed E-state index contributed by atoms with van der Waals surface area (Å²) < 4.78 is 33.5. The van der Waals surface area contributed by atoms with Crippen LogP contribution in [0, 0.1) is 13.0 Å². The van der Waals surface area contributed by atoms with Gasteiger partial charge >= 0.3 is 59.1 Å². The van der Waals surface area contributed by atoms with Crippen molar-refractivity contribution in [1.82, 2.24) is 0 Å². The van der Waals surface area contributed by atoms with Gasteiger partial charge in [-0.1, -0.05) is 17.1 Å². The molecule has 2 aromatic rings. The third-order valence-electron chi connectivity index (χ3n) is 2.85. The molecule has 6 nitrogen and oxygen atoms in total. The van der Waals surface area contributed by atoms with Crippen LogP contribution < -0.4 is 64.4 Å². The van der Waals surface area contributed by atoms with Crippen molar-refractivity contribution in [1.29, 1.82) is 0 Å². The van der Waals surface area contributed by atoms with E-state index in [0.29, 0.717) is 11.1 Å². The summed E-state index contributed by atoms with van der Waals surface area (Å²) >= 11 is 0. The minimum atomic E-state index is -4.69. The van der Waals surface area contributed by atoms with Crippen molar-refractivity contribution in [2.45, 2.75) is 18.7 Å². The Hall–Kier alpha value is -0.120. The number of fused-ring (bicyclic) bond motifs is 1. The van der Waals surface area contributed by atoms with E-state index >= 15 is 0 Å². The van der Waals surface area contributed by atoms with Gasteiger partial charge in [0.1, 0.15) is 15.9 Å². The zero-order chi connectivity index (χ0) is 15.1.